The second kappa shape index (κ2) is 11.1. The summed E-state index contributed by atoms with van der Waals surface area (Å²) in [5.74, 6) is -0.372. The molecule has 176 valence electrons. The highest BCUT2D eigenvalue weighted by molar-refractivity contribution is 5.97. The van der Waals surface area contributed by atoms with Crippen LogP contribution in [0.15, 0.2) is 67.0 Å². The van der Waals surface area contributed by atoms with Crippen LogP contribution < -0.4 is 10.6 Å². The van der Waals surface area contributed by atoms with Gasteiger partial charge in [0.1, 0.15) is 0 Å². The molecule has 1 fully saturated rings. The third kappa shape index (κ3) is 5.51. The van der Waals surface area contributed by atoms with Crippen LogP contribution in [0.25, 0.3) is 11.1 Å². The molecule has 1 aromatic heterocycles. The average Bonchev–Trinajstić information content (AvgIpc) is 3.40. The third-order valence-electron chi connectivity index (χ3n) is 6.48. The van der Waals surface area contributed by atoms with Gasteiger partial charge in [0.05, 0.1) is 12.6 Å². The van der Waals surface area contributed by atoms with Crippen LogP contribution in [0.4, 0.5) is 0 Å². The number of carbonyl (C=O) groups excluding carboxylic acids is 2. The minimum absolute atomic E-state index is 0.116. The molecule has 1 heterocycles. The van der Waals surface area contributed by atoms with Gasteiger partial charge in [0, 0.05) is 29.6 Å². The minimum atomic E-state index is -0.624. The van der Waals surface area contributed by atoms with Gasteiger partial charge in [-0.25, -0.2) is 0 Å². The van der Waals surface area contributed by atoms with Crippen molar-refractivity contribution in [1.82, 2.24) is 15.6 Å². The molecule has 1 saturated carbocycles. The molecule has 0 spiro atoms. The van der Waals surface area contributed by atoms with Gasteiger partial charge < -0.3 is 15.7 Å². The molecule has 4 rings (SSSR count). The van der Waals surface area contributed by atoms with Gasteiger partial charge in [0.2, 0.25) is 0 Å². The first-order valence-electron chi connectivity index (χ1n) is 11.9. The van der Waals surface area contributed by atoms with E-state index < -0.39 is 6.04 Å². The smallest absolute Gasteiger partial charge is 0.252 e. The van der Waals surface area contributed by atoms with Crippen molar-refractivity contribution >= 4 is 11.8 Å². The summed E-state index contributed by atoms with van der Waals surface area (Å²) < 4.78 is 0. The molecule has 1 aliphatic rings. The Labute approximate surface area is 200 Å². The van der Waals surface area contributed by atoms with E-state index in [2.05, 4.69) is 15.6 Å². The predicted octanol–water partition coefficient (Wildman–Crippen LogP) is 4.45. The number of aliphatic hydroxyl groups excluding tert-OH is 1. The van der Waals surface area contributed by atoms with Gasteiger partial charge in [-0.3, -0.25) is 14.6 Å². The fourth-order valence-corrected chi connectivity index (χ4v) is 4.53. The lowest BCUT2D eigenvalue weighted by Gasteiger charge is -2.19. The standard InChI is InChI=1S/C28H31N3O3/c1-2-19-10-11-21(20-12-14-29-15-13-20)17-25(19)28(34)31-26(18-32)22-6-5-7-23(16-22)27(33)30-24-8-3-4-9-24/h5-7,10-17,24,26,32H,2-4,8-9,18H2,1H3,(H,30,33)(H,31,34)/t26-/m1/s1. The lowest BCUT2D eigenvalue weighted by molar-refractivity contribution is 0.0914. The van der Waals surface area contributed by atoms with Gasteiger partial charge in [0.25, 0.3) is 11.8 Å². The molecule has 3 aromatic rings. The fourth-order valence-electron chi connectivity index (χ4n) is 4.53. The van der Waals surface area contributed by atoms with Crippen LogP contribution in [-0.4, -0.2) is 34.6 Å². The van der Waals surface area contributed by atoms with Gasteiger partial charge in [-0.05, 0) is 71.8 Å². The van der Waals surface area contributed by atoms with Crippen molar-refractivity contribution in [3.8, 4) is 11.1 Å². The summed E-state index contributed by atoms with van der Waals surface area (Å²) in [6.45, 7) is 1.74. The molecule has 0 bridgehead atoms. The lowest BCUT2D eigenvalue weighted by Crippen LogP contribution is -2.33. The van der Waals surface area contributed by atoms with Crippen LogP contribution in [0.3, 0.4) is 0 Å². The number of aryl methyl sites for hydroxylation is 1. The van der Waals surface area contributed by atoms with Crippen LogP contribution >= 0.6 is 0 Å². The van der Waals surface area contributed by atoms with E-state index in [1.54, 1.807) is 30.6 Å². The summed E-state index contributed by atoms with van der Waals surface area (Å²) in [7, 11) is 0. The van der Waals surface area contributed by atoms with E-state index in [1.807, 2.05) is 43.3 Å². The van der Waals surface area contributed by atoms with Gasteiger partial charge in [-0.2, -0.15) is 0 Å². The molecule has 2 aromatic carbocycles. The minimum Gasteiger partial charge on any atom is -0.394 e. The number of hydrogen-bond acceptors (Lipinski definition) is 4. The molecule has 0 aliphatic heterocycles. The van der Waals surface area contributed by atoms with Gasteiger partial charge in [-0.15, -0.1) is 0 Å². The predicted molar refractivity (Wildman–Crippen MR) is 133 cm³/mol. The van der Waals surface area contributed by atoms with Crippen molar-refractivity contribution in [3.05, 3.63) is 89.2 Å². The molecular weight excluding hydrogens is 426 g/mol. The number of benzene rings is 2. The summed E-state index contributed by atoms with van der Waals surface area (Å²) in [5, 5.41) is 16.1. The van der Waals surface area contributed by atoms with Crippen molar-refractivity contribution < 1.29 is 14.7 Å². The monoisotopic (exact) mass is 457 g/mol. The second-order valence-electron chi connectivity index (χ2n) is 8.75. The maximum absolute atomic E-state index is 13.3. The first kappa shape index (κ1) is 23.6. The molecule has 34 heavy (non-hydrogen) atoms. The Kier molecular flexibility index (Phi) is 7.70. The molecule has 0 saturated heterocycles. The van der Waals surface area contributed by atoms with E-state index in [9.17, 15) is 14.7 Å². The highest BCUT2D eigenvalue weighted by Crippen LogP contribution is 2.24. The van der Waals surface area contributed by atoms with Crippen molar-refractivity contribution in [2.24, 2.45) is 0 Å². The third-order valence-corrected chi connectivity index (χ3v) is 6.48. The van der Waals surface area contributed by atoms with Crippen molar-refractivity contribution in [3.63, 3.8) is 0 Å². The van der Waals surface area contributed by atoms with Crippen LogP contribution in [0, 0.1) is 0 Å². The number of aromatic nitrogens is 1. The van der Waals surface area contributed by atoms with E-state index in [-0.39, 0.29) is 24.5 Å². The quantitative estimate of drug-likeness (QED) is 0.466. The Hall–Kier alpha value is -3.51. The molecule has 1 aliphatic carbocycles. The average molecular weight is 458 g/mol. The zero-order valence-electron chi connectivity index (χ0n) is 19.5. The van der Waals surface area contributed by atoms with E-state index in [0.29, 0.717) is 23.1 Å². The Morgan fingerprint density at radius 1 is 1.00 bits per heavy atom. The van der Waals surface area contributed by atoms with E-state index in [0.717, 1.165) is 42.4 Å². The van der Waals surface area contributed by atoms with E-state index in [1.165, 1.54) is 0 Å². The zero-order chi connectivity index (χ0) is 23.9. The number of rotatable bonds is 8. The van der Waals surface area contributed by atoms with Gasteiger partial charge in [0.15, 0.2) is 0 Å². The molecule has 0 unspecified atom stereocenters. The van der Waals surface area contributed by atoms with Crippen LogP contribution in [0.1, 0.15) is 70.5 Å². The summed E-state index contributed by atoms with van der Waals surface area (Å²) in [6, 6.07) is 16.4. The summed E-state index contributed by atoms with van der Waals surface area (Å²) in [6.07, 6.45) is 8.47. The normalized spacial score (nSPS) is 14.5. The highest BCUT2D eigenvalue weighted by Gasteiger charge is 2.21. The van der Waals surface area contributed by atoms with Crippen molar-refractivity contribution in [2.75, 3.05) is 6.61 Å². The summed E-state index contributed by atoms with van der Waals surface area (Å²) >= 11 is 0. The second-order valence-corrected chi connectivity index (χ2v) is 8.75. The largest absolute Gasteiger partial charge is 0.394 e. The van der Waals surface area contributed by atoms with E-state index in [4.69, 9.17) is 0 Å². The van der Waals surface area contributed by atoms with Gasteiger partial charge >= 0.3 is 0 Å². The maximum Gasteiger partial charge on any atom is 0.252 e. The summed E-state index contributed by atoms with van der Waals surface area (Å²) in [4.78, 5) is 30.0. The number of pyridine rings is 1. The first-order valence-corrected chi connectivity index (χ1v) is 11.9. The number of nitrogens with one attached hydrogen (secondary N) is 2. The molecule has 0 radical (unpaired) electrons. The van der Waals surface area contributed by atoms with Crippen molar-refractivity contribution in [2.45, 2.75) is 51.1 Å². The van der Waals surface area contributed by atoms with Crippen LogP contribution in [0.5, 0.6) is 0 Å². The fraction of sp³-hybridized carbons (Fsp3) is 0.321. The number of aliphatic hydroxyl groups is 1. The highest BCUT2D eigenvalue weighted by atomic mass is 16.3. The summed E-state index contributed by atoms with van der Waals surface area (Å²) in [5.41, 5.74) is 4.63. The molecule has 6 nitrogen and oxygen atoms in total. The Morgan fingerprint density at radius 3 is 2.47 bits per heavy atom. The van der Waals surface area contributed by atoms with Crippen LogP contribution in [-0.2, 0) is 6.42 Å². The Balaban J connectivity index is 1.53. The SMILES string of the molecule is CCc1ccc(-c2ccncc2)cc1C(=O)N[C@H](CO)c1cccc(C(=O)NC2CCCC2)c1. The first-order chi connectivity index (χ1) is 16.6. The molecule has 6 heteroatoms. The molecule has 1 atom stereocenters. The Bertz CT molecular complexity index is 1140. The van der Waals surface area contributed by atoms with Crippen LogP contribution in [0.2, 0.25) is 0 Å². The number of nitrogens with zero attached hydrogens (tertiary/aromatic N) is 1. The topological polar surface area (TPSA) is 91.3 Å². The molecule has 3 N–H and O–H groups in total. The van der Waals surface area contributed by atoms with E-state index >= 15 is 0 Å². The van der Waals surface area contributed by atoms with Crippen molar-refractivity contribution in [1.29, 1.82) is 0 Å². The van der Waals surface area contributed by atoms with Gasteiger partial charge in [-0.1, -0.05) is 44.0 Å². The lowest BCUT2D eigenvalue weighted by atomic mass is 9.97. The number of hydrogen-bond donors (Lipinski definition) is 3. The number of carbonyl (C=O) groups is 2. The number of amides is 2. The molecule has 2 amide bonds. The zero-order valence-corrected chi connectivity index (χ0v) is 19.5. The molecular formula is C28H31N3O3. The Morgan fingerprint density at radius 2 is 1.76 bits per heavy atom. The maximum atomic E-state index is 13.3.